The first-order valence-electron chi connectivity index (χ1n) is 9.51. The van der Waals surface area contributed by atoms with Crippen LogP contribution in [-0.2, 0) is 13.0 Å². The monoisotopic (exact) mass is 433 g/mol. The van der Waals surface area contributed by atoms with E-state index in [1.54, 1.807) is 13.2 Å². The van der Waals surface area contributed by atoms with Crippen molar-refractivity contribution in [2.24, 2.45) is 0 Å². The van der Waals surface area contributed by atoms with Crippen molar-refractivity contribution in [3.63, 3.8) is 0 Å². The van der Waals surface area contributed by atoms with E-state index in [4.69, 9.17) is 37.1 Å². The van der Waals surface area contributed by atoms with Crippen LogP contribution in [0.2, 0.25) is 10.0 Å². The number of unbranched alkanes of at least 4 members (excludes halogenated alkanes) is 1. The van der Waals surface area contributed by atoms with Crippen molar-refractivity contribution in [1.29, 1.82) is 0 Å². The summed E-state index contributed by atoms with van der Waals surface area (Å²) in [7, 11) is 1.58. The van der Waals surface area contributed by atoms with E-state index in [9.17, 15) is 4.79 Å². The Morgan fingerprint density at radius 2 is 2.00 bits per heavy atom. The Hall–Kier alpha value is -2.37. The fourth-order valence-electron chi connectivity index (χ4n) is 3.64. The van der Waals surface area contributed by atoms with Gasteiger partial charge in [-0.25, -0.2) is 4.79 Å². The molecule has 3 aromatic rings. The highest BCUT2D eigenvalue weighted by molar-refractivity contribution is 6.33. The van der Waals surface area contributed by atoms with Gasteiger partial charge in [-0.3, -0.25) is 0 Å². The molecule has 2 heterocycles. The topological polar surface area (TPSA) is 51.9 Å². The zero-order chi connectivity index (χ0) is 20.5. The number of methoxy groups -OCH3 is 1. The first-order chi connectivity index (χ1) is 14.0. The van der Waals surface area contributed by atoms with Gasteiger partial charge in [-0.1, -0.05) is 36.5 Å². The highest BCUT2D eigenvalue weighted by atomic mass is 35.5. The van der Waals surface area contributed by atoms with Gasteiger partial charge in [-0.05, 0) is 42.7 Å². The molecule has 1 aliphatic heterocycles. The second-order valence-corrected chi connectivity index (χ2v) is 7.84. The Labute approximate surface area is 178 Å². The highest BCUT2D eigenvalue weighted by Gasteiger charge is 2.26. The second kappa shape index (κ2) is 8.17. The molecule has 1 aliphatic rings. The quantitative estimate of drug-likeness (QED) is 0.475. The molecular formula is C22H21Cl2NO4. The number of hydrogen-bond acceptors (Lipinski definition) is 5. The van der Waals surface area contributed by atoms with Crippen LogP contribution in [-0.4, -0.2) is 13.8 Å². The molecule has 1 aromatic heterocycles. The van der Waals surface area contributed by atoms with Crippen molar-refractivity contribution < 1.29 is 13.9 Å². The zero-order valence-corrected chi connectivity index (χ0v) is 17.8. The van der Waals surface area contributed by atoms with Gasteiger partial charge >= 0.3 is 5.63 Å². The molecule has 0 fully saturated rings. The lowest BCUT2D eigenvalue weighted by Crippen LogP contribution is -2.32. The number of aryl methyl sites for hydroxylation is 1. The van der Waals surface area contributed by atoms with Gasteiger partial charge in [0, 0.05) is 17.1 Å². The molecule has 0 saturated heterocycles. The van der Waals surface area contributed by atoms with Crippen molar-refractivity contribution in [3.05, 3.63) is 61.9 Å². The largest absolute Gasteiger partial charge is 0.495 e. The van der Waals surface area contributed by atoms with E-state index in [2.05, 4.69) is 6.92 Å². The maximum Gasteiger partial charge on any atom is 0.336 e. The Balaban J connectivity index is 1.80. The normalized spacial score (nSPS) is 13.3. The van der Waals surface area contributed by atoms with Crippen LogP contribution < -0.4 is 20.0 Å². The second-order valence-electron chi connectivity index (χ2n) is 7.03. The molecule has 2 aromatic carbocycles. The molecule has 0 amide bonds. The minimum atomic E-state index is -0.363. The predicted octanol–water partition coefficient (Wildman–Crippen LogP) is 5.81. The highest BCUT2D eigenvalue weighted by Crippen LogP contribution is 2.41. The van der Waals surface area contributed by atoms with Gasteiger partial charge < -0.3 is 18.8 Å². The number of ether oxygens (including phenoxy) is 2. The predicted molar refractivity (Wildman–Crippen MR) is 116 cm³/mol. The van der Waals surface area contributed by atoms with Crippen molar-refractivity contribution in [2.45, 2.75) is 32.7 Å². The number of nitrogens with zero attached hydrogens (tertiary/aromatic N) is 1. The number of anilines is 1. The van der Waals surface area contributed by atoms with Crippen LogP contribution in [0.5, 0.6) is 11.5 Å². The summed E-state index contributed by atoms with van der Waals surface area (Å²) in [6.45, 7) is 2.91. The summed E-state index contributed by atoms with van der Waals surface area (Å²) >= 11 is 12.8. The number of benzene rings is 2. The molecule has 29 heavy (non-hydrogen) atoms. The Bertz CT molecular complexity index is 1130. The first-order valence-corrected chi connectivity index (χ1v) is 10.3. The van der Waals surface area contributed by atoms with Gasteiger partial charge in [0.25, 0.3) is 0 Å². The van der Waals surface area contributed by atoms with Crippen molar-refractivity contribution in [2.75, 3.05) is 18.7 Å². The van der Waals surface area contributed by atoms with Crippen molar-refractivity contribution >= 4 is 39.9 Å². The lowest BCUT2D eigenvalue weighted by molar-refractivity contribution is 0.289. The summed E-state index contributed by atoms with van der Waals surface area (Å²) < 4.78 is 16.8. The Kier molecular flexibility index (Phi) is 5.61. The third-order valence-electron chi connectivity index (χ3n) is 5.14. The summed E-state index contributed by atoms with van der Waals surface area (Å²) in [5, 5.41) is 1.90. The fraction of sp³-hybridized carbons (Fsp3) is 0.318. The smallest absolute Gasteiger partial charge is 0.336 e. The van der Waals surface area contributed by atoms with E-state index in [1.165, 1.54) is 0 Å². The third kappa shape index (κ3) is 3.77. The number of fused-ring (bicyclic) bond motifs is 3. The maximum atomic E-state index is 12.2. The molecular weight excluding hydrogens is 413 g/mol. The number of halogens is 2. The molecule has 7 heteroatoms. The summed E-state index contributed by atoms with van der Waals surface area (Å²) in [6.07, 6.45) is 2.82. The average Bonchev–Trinajstić information content (AvgIpc) is 2.72. The van der Waals surface area contributed by atoms with Crippen LogP contribution in [0, 0.1) is 0 Å². The molecule has 0 spiro atoms. The summed E-state index contributed by atoms with van der Waals surface area (Å²) in [6, 6.07) is 8.94. The van der Waals surface area contributed by atoms with E-state index in [1.807, 2.05) is 29.2 Å². The fourth-order valence-corrected chi connectivity index (χ4v) is 4.17. The van der Waals surface area contributed by atoms with Crippen LogP contribution >= 0.6 is 23.2 Å². The molecule has 0 aliphatic carbocycles. The molecule has 0 radical (unpaired) electrons. The van der Waals surface area contributed by atoms with Gasteiger partial charge in [0.2, 0.25) is 0 Å². The Morgan fingerprint density at radius 1 is 1.17 bits per heavy atom. The van der Waals surface area contributed by atoms with Gasteiger partial charge in [0.05, 0.1) is 29.3 Å². The lowest BCUT2D eigenvalue weighted by Gasteiger charge is -2.32. The van der Waals surface area contributed by atoms with E-state index in [0.29, 0.717) is 40.4 Å². The van der Waals surface area contributed by atoms with Gasteiger partial charge in [-0.2, -0.15) is 0 Å². The summed E-state index contributed by atoms with van der Waals surface area (Å²) in [5.74, 6) is 1.17. The molecule has 0 bridgehead atoms. The summed E-state index contributed by atoms with van der Waals surface area (Å²) in [5.41, 5.74) is 2.76. The third-order valence-corrected chi connectivity index (χ3v) is 5.71. The number of rotatable bonds is 5. The van der Waals surface area contributed by atoms with E-state index in [0.717, 1.165) is 41.5 Å². The van der Waals surface area contributed by atoms with Crippen LogP contribution in [0.15, 0.2) is 39.5 Å². The molecule has 152 valence electrons. The van der Waals surface area contributed by atoms with E-state index in [-0.39, 0.29) is 5.63 Å². The number of hydrogen-bond donors (Lipinski definition) is 0. The minimum Gasteiger partial charge on any atom is -0.495 e. The standard InChI is InChI=1S/C22H21Cl2NO4/c1-3-4-5-13-8-20(26)29-21-15(13)10-18(24)22-16(21)11-25(12-28-22)14-6-7-19(27-2)17(23)9-14/h6-10H,3-5,11-12H2,1-2H3. The van der Waals surface area contributed by atoms with E-state index < -0.39 is 0 Å². The maximum absolute atomic E-state index is 12.2. The Morgan fingerprint density at radius 3 is 2.72 bits per heavy atom. The first kappa shape index (κ1) is 19.9. The van der Waals surface area contributed by atoms with Crippen LogP contribution in [0.25, 0.3) is 11.0 Å². The molecule has 0 saturated carbocycles. The van der Waals surface area contributed by atoms with Gasteiger partial charge in [-0.15, -0.1) is 0 Å². The summed E-state index contributed by atoms with van der Waals surface area (Å²) in [4.78, 5) is 14.2. The van der Waals surface area contributed by atoms with Crippen LogP contribution in [0.4, 0.5) is 5.69 Å². The minimum absolute atomic E-state index is 0.306. The molecule has 0 atom stereocenters. The molecule has 5 nitrogen and oxygen atoms in total. The van der Waals surface area contributed by atoms with Crippen molar-refractivity contribution in [3.8, 4) is 11.5 Å². The van der Waals surface area contributed by atoms with Crippen LogP contribution in [0.1, 0.15) is 30.9 Å². The molecule has 4 rings (SSSR count). The van der Waals surface area contributed by atoms with Gasteiger partial charge in [0.15, 0.2) is 6.73 Å². The van der Waals surface area contributed by atoms with Crippen LogP contribution in [0.3, 0.4) is 0 Å². The lowest BCUT2D eigenvalue weighted by atomic mass is 10.0. The van der Waals surface area contributed by atoms with Crippen molar-refractivity contribution in [1.82, 2.24) is 0 Å². The van der Waals surface area contributed by atoms with Gasteiger partial charge in [0.1, 0.15) is 17.1 Å². The molecule has 0 N–H and O–H groups in total. The van der Waals surface area contributed by atoms with E-state index >= 15 is 0 Å². The molecule has 0 unspecified atom stereocenters. The average molecular weight is 434 g/mol. The zero-order valence-electron chi connectivity index (χ0n) is 16.3. The SMILES string of the molecule is CCCCc1cc(=O)oc2c3c(c(Cl)cc12)OCN(c1ccc(OC)c(Cl)c1)C3.